The van der Waals surface area contributed by atoms with Gasteiger partial charge in [0.05, 0.1) is 25.3 Å². The Morgan fingerprint density at radius 3 is 2.43 bits per heavy atom. The maximum atomic E-state index is 6.14. The van der Waals surface area contributed by atoms with E-state index in [1.54, 1.807) is 14.2 Å². The van der Waals surface area contributed by atoms with E-state index in [1.807, 2.05) is 12.1 Å². The van der Waals surface area contributed by atoms with E-state index in [0.29, 0.717) is 22.9 Å². The summed E-state index contributed by atoms with van der Waals surface area (Å²) in [6.07, 6.45) is 5.11. The van der Waals surface area contributed by atoms with Gasteiger partial charge in [0.1, 0.15) is 0 Å². The SMILES string of the molecule is COc1cc2nc(N)n(CC3(C)CCCC3)c2cc1OC. The lowest BCUT2D eigenvalue weighted by atomic mass is 9.89. The van der Waals surface area contributed by atoms with E-state index in [9.17, 15) is 0 Å². The average Bonchev–Trinajstić information content (AvgIpc) is 3.02. The number of rotatable bonds is 4. The predicted molar refractivity (Wildman–Crippen MR) is 83.8 cm³/mol. The molecule has 0 atom stereocenters. The van der Waals surface area contributed by atoms with E-state index < -0.39 is 0 Å². The van der Waals surface area contributed by atoms with Crippen molar-refractivity contribution >= 4 is 17.0 Å². The van der Waals surface area contributed by atoms with Crippen molar-refractivity contribution in [1.82, 2.24) is 9.55 Å². The Morgan fingerprint density at radius 1 is 1.19 bits per heavy atom. The van der Waals surface area contributed by atoms with Crippen molar-refractivity contribution < 1.29 is 9.47 Å². The Bertz CT molecular complexity index is 657. The quantitative estimate of drug-likeness (QED) is 0.938. The Hall–Kier alpha value is -1.91. The fraction of sp³-hybridized carbons (Fsp3) is 0.562. The first kappa shape index (κ1) is 14.0. The first-order chi connectivity index (χ1) is 10.1. The summed E-state index contributed by atoms with van der Waals surface area (Å²) < 4.78 is 12.8. The number of nitrogens with two attached hydrogens (primary N) is 1. The van der Waals surface area contributed by atoms with E-state index in [1.165, 1.54) is 25.7 Å². The van der Waals surface area contributed by atoms with Crippen LogP contribution in [-0.4, -0.2) is 23.8 Å². The number of methoxy groups -OCH3 is 2. The van der Waals surface area contributed by atoms with Crippen LogP contribution in [0.3, 0.4) is 0 Å². The van der Waals surface area contributed by atoms with Crippen molar-refractivity contribution in [2.75, 3.05) is 20.0 Å². The number of fused-ring (bicyclic) bond motifs is 1. The second-order valence-corrected chi connectivity index (χ2v) is 6.27. The molecule has 0 aliphatic heterocycles. The molecule has 1 aliphatic rings. The molecule has 0 amide bonds. The van der Waals surface area contributed by atoms with Crippen LogP contribution >= 0.6 is 0 Å². The van der Waals surface area contributed by atoms with Crippen LogP contribution in [0.25, 0.3) is 11.0 Å². The minimum Gasteiger partial charge on any atom is -0.493 e. The fourth-order valence-corrected chi connectivity index (χ4v) is 3.41. The van der Waals surface area contributed by atoms with Gasteiger partial charge in [0.15, 0.2) is 11.5 Å². The molecule has 2 N–H and O–H groups in total. The molecule has 1 aliphatic carbocycles. The van der Waals surface area contributed by atoms with Crippen molar-refractivity contribution in [2.45, 2.75) is 39.2 Å². The van der Waals surface area contributed by atoms with Gasteiger partial charge in [-0.05, 0) is 18.3 Å². The van der Waals surface area contributed by atoms with E-state index in [4.69, 9.17) is 15.2 Å². The predicted octanol–water partition coefficient (Wildman–Crippen LogP) is 3.22. The third kappa shape index (κ3) is 2.41. The molecule has 114 valence electrons. The number of aromatic nitrogens is 2. The summed E-state index contributed by atoms with van der Waals surface area (Å²) in [5.41, 5.74) is 8.32. The standard InChI is InChI=1S/C16H23N3O2/c1-16(6-4-5-7-16)10-19-12-9-14(21-3)13(20-2)8-11(12)18-15(19)17/h8-9H,4-7,10H2,1-3H3,(H2,17,18). The van der Waals surface area contributed by atoms with Crippen molar-refractivity contribution in [2.24, 2.45) is 5.41 Å². The van der Waals surface area contributed by atoms with Crippen molar-refractivity contribution in [3.05, 3.63) is 12.1 Å². The van der Waals surface area contributed by atoms with Gasteiger partial charge in [-0.3, -0.25) is 0 Å². The summed E-state index contributed by atoms with van der Waals surface area (Å²) >= 11 is 0. The maximum absolute atomic E-state index is 6.14. The summed E-state index contributed by atoms with van der Waals surface area (Å²) in [6, 6.07) is 3.86. The van der Waals surface area contributed by atoms with Crippen molar-refractivity contribution in [1.29, 1.82) is 0 Å². The molecule has 21 heavy (non-hydrogen) atoms. The van der Waals surface area contributed by atoms with Crippen molar-refractivity contribution in [3.63, 3.8) is 0 Å². The van der Waals surface area contributed by atoms with Gasteiger partial charge < -0.3 is 19.8 Å². The van der Waals surface area contributed by atoms with Gasteiger partial charge >= 0.3 is 0 Å². The van der Waals surface area contributed by atoms with Crippen molar-refractivity contribution in [3.8, 4) is 11.5 Å². The summed E-state index contributed by atoms with van der Waals surface area (Å²) in [4.78, 5) is 4.48. The Labute approximate surface area is 125 Å². The minimum absolute atomic E-state index is 0.314. The largest absolute Gasteiger partial charge is 0.493 e. The number of ether oxygens (including phenoxy) is 2. The highest BCUT2D eigenvalue weighted by Crippen LogP contribution is 2.41. The Balaban J connectivity index is 2.07. The number of imidazole rings is 1. The molecule has 1 heterocycles. The van der Waals surface area contributed by atoms with Crippen LogP contribution in [0.15, 0.2) is 12.1 Å². The lowest BCUT2D eigenvalue weighted by molar-refractivity contribution is 0.287. The molecule has 5 nitrogen and oxygen atoms in total. The number of nitrogens with zero attached hydrogens (tertiary/aromatic N) is 2. The lowest BCUT2D eigenvalue weighted by Gasteiger charge is -2.25. The van der Waals surface area contributed by atoms with Crippen LogP contribution in [0.2, 0.25) is 0 Å². The second-order valence-electron chi connectivity index (χ2n) is 6.27. The van der Waals surface area contributed by atoms with Gasteiger partial charge in [-0.2, -0.15) is 0 Å². The van der Waals surface area contributed by atoms with Gasteiger partial charge in [-0.15, -0.1) is 0 Å². The third-order valence-electron chi connectivity index (χ3n) is 4.63. The van der Waals surface area contributed by atoms with E-state index in [2.05, 4.69) is 16.5 Å². The molecule has 0 radical (unpaired) electrons. The zero-order chi connectivity index (χ0) is 15.0. The van der Waals surface area contributed by atoms with Crippen LogP contribution in [0.5, 0.6) is 11.5 Å². The summed E-state index contributed by atoms with van der Waals surface area (Å²) in [5, 5.41) is 0. The first-order valence-corrected chi connectivity index (χ1v) is 7.44. The lowest BCUT2D eigenvalue weighted by Crippen LogP contribution is -2.20. The molecule has 1 aromatic heterocycles. The topological polar surface area (TPSA) is 62.3 Å². The summed E-state index contributed by atoms with van der Waals surface area (Å²) in [7, 11) is 3.27. The normalized spacial score (nSPS) is 17.3. The van der Waals surface area contributed by atoms with Gasteiger partial charge in [0.25, 0.3) is 0 Å². The summed E-state index contributed by atoms with van der Waals surface area (Å²) in [5.74, 6) is 1.96. The first-order valence-electron chi connectivity index (χ1n) is 7.44. The number of hydrogen-bond acceptors (Lipinski definition) is 4. The number of benzene rings is 1. The molecular weight excluding hydrogens is 266 g/mol. The van der Waals surface area contributed by atoms with Gasteiger partial charge in [-0.1, -0.05) is 19.8 Å². The van der Waals surface area contributed by atoms with Gasteiger partial charge in [0.2, 0.25) is 5.95 Å². The van der Waals surface area contributed by atoms with Crippen LogP contribution in [0, 0.1) is 5.41 Å². The van der Waals surface area contributed by atoms with Crippen LogP contribution < -0.4 is 15.2 Å². The van der Waals surface area contributed by atoms with E-state index in [0.717, 1.165) is 17.6 Å². The number of nitrogen functional groups attached to an aromatic ring is 1. The van der Waals surface area contributed by atoms with Crippen LogP contribution in [0.4, 0.5) is 5.95 Å². The van der Waals surface area contributed by atoms with Gasteiger partial charge in [-0.25, -0.2) is 4.98 Å². The number of hydrogen-bond donors (Lipinski definition) is 1. The monoisotopic (exact) mass is 289 g/mol. The fourth-order valence-electron chi connectivity index (χ4n) is 3.41. The third-order valence-corrected chi connectivity index (χ3v) is 4.63. The molecule has 5 heteroatoms. The van der Waals surface area contributed by atoms with E-state index in [-0.39, 0.29) is 0 Å². The molecule has 1 aromatic carbocycles. The Kier molecular flexibility index (Phi) is 3.43. The van der Waals surface area contributed by atoms with Crippen LogP contribution in [0.1, 0.15) is 32.6 Å². The smallest absolute Gasteiger partial charge is 0.201 e. The molecule has 1 fully saturated rings. The molecule has 0 unspecified atom stereocenters. The highest BCUT2D eigenvalue weighted by molar-refractivity contribution is 5.82. The highest BCUT2D eigenvalue weighted by Gasteiger charge is 2.30. The maximum Gasteiger partial charge on any atom is 0.201 e. The molecule has 2 aromatic rings. The second kappa shape index (κ2) is 5.13. The molecule has 0 spiro atoms. The molecule has 3 rings (SSSR count). The summed E-state index contributed by atoms with van der Waals surface area (Å²) in [6.45, 7) is 3.25. The minimum atomic E-state index is 0.314. The Morgan fingerprint density at radius 2 is 1.81 bits per heavy atom. The molecular formula is C16H23N3O2. The molecule has 1 saturated carbocycles. The molecule has 0 bridgehead atoms. The molecule has 0 saturated heterocycles. The number of anilines is 1. The van der Waals surface area contributed by atoms with Crippen LogP contribution in [-0.2, 0) is 6.54 Å². The average molecular weight is 289 g/mol. The zero-order valence-corrected chi connectivity index (χ0v) is 13.0. The van der Waals surface area contributed by atoms with E-state index >= 15 is 0 Å². The highest BCUT2D eigenvalue weighted by atomic mass is 16.5. The zero-order valence-electron chi connectivity index (χ0n) is 13.0. The van der Waals surface area contributed by atoms with Gasteiger partial charge in [0, 0.05) is 18.7 Å².